The summed E-state index contributed by atoms with van der Waals surface area (Å²) in [5, 5.41) is 10.7. The molecule has 2 nitrogen and oxygen atoms in total. The molecule has 0 aliphatic heterocycles. The zero-order valence-electron chi connectivity index (χ0n) is 12.5. The molecule has 0 aromatic carbocycles. The maximum absolute atomic E-state index is 11.5. The van der Waals surface area contributed by atoms with Gasteiger partial charge in [-0.2, -0.15) is 0 Å². The summed E-state index contributed by atoms with van der Waals surface area (Å²) in [5.74, 6) is 0.0795. The minimum Gasteiger partial charge on any atom is -0.381 e. The molecule has 1 aliphatic carbocycles. The molecule has 0 aromatic rings. The highest BCUT2D eigenvalue weighted by molar-refractivity contribution is 5.92. The summed E-state index contributed by atoms with van der Waals surface area (Å²) in [5.41, 5.74) is 0.0505. The third kappa shape index (κ3) is 3.42. The van der Waals surface area contributed by atoms with E-state index in [4.69, 9.17) is 0 Å². The van der Waals surface area contributed by atoms with E-state index in [9.17, 15) is 9.90 Å². The van der Waals surface area contributed by atoms with Crippen molar-refractivity contribution in [2.75, 3.05) is 0 Å². The number of hydrogen-bond donors (Lipinski definition) is 1. The number of carbonyl (C=O) groups is 1. The first-order valence-corrected chi connectivity index (χ1v) is 6.48. The zero-order valence-corrected chi connectivity index (χ0v) is 12.5. The molecule has 1 N–H and O–H groups in total. The van der Waals surface area contributed by atoms with Gasteiger partial charge in [-0.15, -0.1) is 0 Å². The highest BCUT2D eigenvalue weighted by Gasteiger charge is 2.46. The van der Waals surface area contributed by atoms with Crippen LogP contribution in [0, 0.1) is 5.41 Å². The van der Waals surface area contributed by atoms with Crippen LogP contribution in [0.25, 0.3) is 0 Å². The van der Waals surface area contributed by atoms with Crippen molar-refractivity contribution in [1.82, 2.24) is 0 Å². The summed E-state index contributed by atoms with van der Waals surface area (Å²) >= 11 is 0. The summed E-state index contributed by atoms with van der Waals surface area (Å²) in [4.78, 5) is 11.5. The fraction of sp³-hybridized carbons (Fsp3) is 0.562. The molecule has 2 heteroatoms. The Kier molecular flexibility index (Phi) is 5.75. The van der Waals surface area contributed by atoms with Gasteiger partial charge >= 0.3 is 0 Å². The van der Waals surface area contributed by atoms with E-state index in [0.29, 0.717) is 12.0 Å². The van der Waals surface area contributed by atoms with Gasteiger partial charge in [-0.3, -0.25) is 4.79 Å². The van der Waals surface area contributed by atoms with Crippen LogP contribution in [0.1, 0.15) is 48.0 Å². The third-order valence-electron chi connectivity index (χ3n) is 3.24. The second kappa shape index (κ2) is 6.14. The van der Waals surface area contributed by atoms with Gasteiger partial charge in [-0.25, -0.2) is 0 Å². The molecule has 0 amide bonds. The third-order valence-corrected chi connectivity index (χ3v) is 3.24. The van der Waals surface area contributed by atoms with Gasteiger partial charge in [0, 0.05) is 11.8 Å². The van der Waals surface area contributed by atoms with Crippen LogP contribution in [0.5, 0.6) is 0 Å². The second-order valence-corrected chi connectivity index (χ2v) is 5.30. The topological polar surface area (TPSA) is 37.3 Å². The first kappa shape index (κ1) is 16.9. The van der Waals surface area contributed by atoms with E-state index in [1.165, 1.54) is 6.08 Å². The average Bonchev–Trinajstić information content (AvgIpc) is 2.25. The maximum Gasteiger partial charge on any atom is 0.156 e. The largest absolute Gasteiger partial charge is 0.381 e. The zero-order chi connectivity index (χ0) is 14.6. The van der Waals surface area contributed by atoms with Crippen LogP contribution in [0.15, 0.2) is 36.0 Å². The van der Waals surface area contributed by atoms with E-state index in [2.05, 4.69) is 6.58 Å². The Balaban J connectivity index is 0.00000137. The van der Waals surface area contributed by atoms with Gasteiger partial charge in [0.15, 0.2) is 5.78 Å². The monoisotopic (exact) mass is 250 g/mol. The first-order chi connectivity index (χ1) is 8.19. The predicted octanol–water partition coefficient (Wildman–Crippen LogP) is 3.82. The van der Waals surface area contributed by atoms with E-state index in [-0.39, 0.29) is 5.78 Å². The van der Waals surface area contributed by atoms with Crippen LogP contribution in [0.2, 0.25) is 0 Å². The van der Waals surface area contributed by atoms with E-state index in [1.54, 1.807) is 19.1 Å². The van der Waals surface area contributed by atoms with Crippen molar-refractivity contribution >= 4 is 5.78 Å². The van der Waals surface area contributed by atoms with E-state index in [1.807, 2.05) is 34.6 Å². The lowest BCUT2D eigenvalue weighted by molar-refractivity contribution is -0.121. The molecule has 1 atom stereocenters. The predicted molar refractivity (Wildman–Crippen MR) is 77.4 cm³/mol. The Hall–Kier alpha value is -1.15. The van der Waals surface area contributed by atoms with Crippen molar-refractivity contribution in [1.29, 1.82) is 0 Å². The van der Waals surface area contributed by atoms with E-state index >= 15 is 0 Å². The molecule has 0 saturated carbocycles. The molecular formula is C16H26O2. The van der Waals surface area contributed by atoms with Crippen molar-refractivity contribution in [2.24, 2.45) is 5.41 Å². The molecular weight excluding hydrogens is 224 g/mol. The van der Waals surface area contributed by atoms with Crippen LogP contribution < -0.4 is 0 Å². The van der Waals surface area contributed by atoms with Crippen molar-refractivity contribution in [2.45, 2.75) is 53.6 Å². The van der Waals surface area contributed by atoms with Gasteiger partial charge in [0.1, 0.15) is 5.60 Å². The van der Waals surface area contributed by atoms with Gasteiger partial charge in [0.25, 0.3) is 0 Å². The van der Waals surface area contributed by atoms with Crippen molar-refractivity contribution in [3.05, 3.63) is 36.0 Å². The molecule has 0 bridgehead atoms. The number of rotatable bonds is 2. The van der Waals surface area contributed by atoms with Gasteiger partial charge < -0.3 is 5.11 Å². The summed E-state index contributed by atoms with van der Waals surface area (Å²) < 4.78 is 0. The highest BCUT2D eigenvalue weighted by Crippen LogP contribution is 2.44. The Labute approximate surface area is 111 Å². The van der Waals surface area contributed by atoms with E-state index in [0.717, 1.165) is 5.57 Å². The molecule has 18 heavy (non-hydrogen) atoms. The Morgan fingerprint density at radius 1 is 1.44 bits per heavy atom. The van der Waals surface area contributed by atoms with Gasteiger partial charge in [-0.05, 0) is 31.6 Å². The maximum atomic E-state index is 11.5. The van der Waals surface area contributed by atoms with Crippen molar-refractivity contribution in [3.63, 3.8) is 0 Å². The first-order valence-electron chi connectivity index (χ1n) is 6.48. The number of aliphatic hydroxyl groups is 1. The fourth-order valence-corrected chi connectivity index (χ4v) is 2.13. The van der Waals surface area contributed by atoms with Crippen molar-refractivity contribution < 1.29 is 9.90 Å². The van der Waals surface area contributed by atoms with Crippen molar-refractivity contribution in [3.8, 4) is 0 Å². The quantitative estimate of drug-likeness (QED) is 0.756. The molecule has 1 aliphatic rings. The molecule has 102 valence electrons. The van der Waals surface area contributed by atoms with Crippen LogP contribution in [0.3, 0.4) is 0 Å². The standard InChI is InChI=1S/C14H20O2.C2H6/c1-10(2)6-7-14(16)11(3)8-12(15)9-13(14,4)5;1-2/h6-8,16H,1,9H2,2-5H3;1-2H3/b7-6+;/t14-;/m1./s1. The minimum atomic E-state index is -1.06. The van der Waals surface area contributed by atoms with Crippen LogP contribution in [-0.4, -0.2) is 16.5 Å². The lowest BCUT2D eigenvalue weighted by Gasteiger charge is -2.43. The highest BCUT2D eigenvalue weighted by atomic mass is 16.3. The smallest absolute Gasteiger partial charge is 0.156 e. The number of carbonyl (C=O) groups excluding carboxylic acids is 1. The van der Waals surface area contributed by atoms with Crippen LogP contribution in [0.4, 0.5) is 0 Å². The number of ketones is 1. The van der Waals surface area contributed by atoms with Crippen LogP contribution >= 0.6 is 0 Å². The lowest BCUT2D eigenvalue weighted by atomic mass is 9.64. The molecule has 0 unspecified atom stereocenters. The molecule has 0 spiro atoms. The molecule has 0 heterocycles. The SMILES string of the molecule is C=C(C)/C=C/[C@@]1(O)C(C)=CC(=O)CC1(C)C.CC. The van der Waals surface area contributed by atoms with Crippen LogP contribution in [-0.2, 0) is 4.79 Å². The van der Waals surface area contributed by atoms with Gasteiger partial charge in [0.05, 0.1) is 0 Å². The Morgan fingerprint density at radius 2 is 1.94 bits per heavy atom. The normalized spacial score (nSPS) is 26.4. The number of hydrogen-bond acceptors (Lipinski definition) is 2. The Bertz CT molecular complexity index is 386. The minimum absolute atomic E-state index is 0.0795. The van der Waals surface area contributed by atoms with Gasteiger partial charge in [-0.1, -0.05) is 45.9 Å². The summed E-state index contributed by atoms with van der Waals surface area (Å²) in [6, 6.07) is 0. The number of allylic oxidation sites excluding steroid dienone is 3. The molecule has 0 saturated heterocycles. The second-order valence-electron chi connectivity index (χ2n) is 5.30. The Morgan fingerprint density at radius 3 is 2.33 bits per heavy atom. The lowest BCUT2D eigenvalue weighted by Crippen LogP contribution is -2.48. The summed E-state index contributed by atoms with van der Waals surface area (Å²) in [7, 11) is 0. The van der Waals surface area contributed by atoms with E-state index < -0.39 is 11.0 Å². The summed E-state index contributed by atoms with van der Waals surface area (Å²) in [6.07, 6.45) is 5.44. The molecule has 0 fully saturated rings. The molecule has 0 aromatic heterocycles. The summed E-state index contributed by atoms with van der Waals surface area (Å²) in [6.45, 7) is 15.3. The average molecular weight is 250 g/mol. The molecule has 1 rings (SSSR count). The fourth-order valence-electron chi connectivity index (χ4n) is 2.13. The molecule has 0 radical (unpaired) electrons. The van der Waals surface area contributed by atoms with Gasteiger partial charge in [0.2, 0.25) is 0 Å².